The Bertz CT molecular complexity index is 935. The van der Waals surface area contributed by atoms with Gasteiger partial charge in [0.15, 0.2) is 0 Å². The van der Waals surface area contributed by atoms with Gasteiger partial charge in [0, 0.05) is 24.0 Å². The van der Waals surface area contributed by atoms with Crippen LogP contribution in [-0.2, 0) is 20.7 Å². The molecule has 0 aromatic heterocycles. The van der Waals surface area contributed by atoms with Crippen LogP contribution in [-0.4, -0.2) is 55.0 Å². The molecule has 0 bridgehead atoms. The number of ether oxygens (including phenoxy) is 2. The smallest absolute Gasteiger partial charge is 0.308 e. The minimum Gasteiger partial charge on any atom is -0.493 e. The van der Waals surface area contributed by atoms with E-state index in [2.05, 4.69) is 21.2 Å². The lowest BCUT2D eigenvalue weighted by Gasteiger charge is -2.35. The fraction of sp³-hybridized carbons (Fsp3) is 0.348. The maximum atomic E-state index is 13.3. The molecule has 0 aliphatic carbocycles. The monoisotopic (exact) mass is 488 g/mol. The topological polar surface area (TPSA) is 84.9 Å². The summed E-state index contributed by atoms with van der Waals surface area (Å²) >= 11 is 3.37. The number of hydrogen-bond acceptors (Lipinski definition) is 5. The van der Waals surface area contributed by atoms with Crippen molar-refractivity contribution in [2.24, 2.45) is 0 Å². The molecule has 2 amide bonds. The van der Waals surface area contributed by atoms with Gasteiger partial charge < -0.3 is 19.7 Å². The van der Waals surface area contributed by atoms with Gasteiger partial charge in [0.05, 0.1) is 25.2 Å². The van der Waals surface area contributed by atoms with Crippen molar-refractivity contribution in [1.29, 1.82) is 0 Å². The van der Waals surface area contributed by atoms with Crippen LogP contribution >= 0.6 is 15.9 Å². The standard InChI is InChI=1S/C23H25BrN2O5/c1-2-30-20-9-8-17(24)14-18(20)23(29)26-12-11-25-22(28)19(26)15-21(27)31-13-10-16-6-4-3-5-7-16/h3-9,14,19H,2,10-13,15H2,1H3,(H,25,28)/t19-/m0/s1. The lowest BCUT2D eigenvalue weighted by atomic mass is 10.1. The zero-order valence-corrected chi connectivity index (χ0v) is 18.9. The van der Waals surface area contributed by atoms with Crippen LogP contribution in [0.15, 0.2) is 53.0 Å². The molecule has 1 atom stereocenters. The van der Waals surface area contributed by atoms with Crippen molar-refractivity contribution in [3.05, 3.63) is 64.1 Å². The number of esters is 1. The molecule has 1 heterocycles. The van der Waals surface area contributed by atoms with Crippen molar-refractivity contribution in [2.75, 3.05) is 26.3 Å². The van der Waals surface area contributed by atoms with Gasteiger partial charge in [-0.25, -0.2) is 0 Å². The average molecular weight is 489 g/mol. The average Bonchev–Trinajstić information content (AvgIpc) is 2.77. The summed E-state index contributed by atoms with van der Waals surface area (Å²) in [5.74, 6) is -0.810. The fourth-order valence-electron chi connectivity index (χ4n) is 3.41. The van der Waals surface area contributed by atoms with Crippen molar-refractivity contribution < 1.29 is 23.9 Å². The first-order valence-electron chi connectivity index (χ1n) is 10.2. The third-order valence-corrected chi connectivity index (χ3v) is 5.41. The summed E-state index contributed by atoms with van der Waals surface area (Å²) < 4.78 is 11.6. The van der Waals surface area contributed by atoms with Crippen LogP contribution in [0.3, 0.4) is 0 Å². The predicted octanol–water partition coefficient (Wildman–Crippen LogP) is 2.96. The third-order valence-electron chi connectivity index (χ3n) is 4.92. The Morgan fingerprint density at radius 1 is 1.19 bits per heavy atom. The normalized spacial score (nSPS) is 15.9. The molecule has 0 spiro atoms. The Morgan fingerprint density at radius 2 is 1.97 bits per heavy atom. The molecule has 0 radical (unpaired) electrons. The van der Waals surface area contributed by atoms with Crippen LogP contribution in [0.25, 0.3) is 0 Å². The first-order chi connectivity index (χ1) is 15.0. The molecule has 3 rings (SSSR count). The second-order valence-corrected chi connectivity index (χ2v) is 7.95. The van der Waals surface area contributed by atoms with E-state index in [1.165, 1.54) is 4.90 Å². The van der Waals surface area contributed by atoms with Gasteiger partial charge in [-0.3, -0.25) is 14.4 Å². The quantitative estimate of drug-likeness (QED) is 0.577. The Hall–Kier alpha value is -2.87. The second kappa shape index (κ2) is 10.9. The molecule has 0 saturated carbocycles. The van der Waals surface area contributed by atoms with E-state index < -0.39 is 12.0 Å². The zero-order chi connectivity index (χ0) is 22.2. The SMILES string of the molecule is CCOc1ccc(Br)cc1C(=O)N1CCNC(=O)[C@@H]1CC(=O)OCCc1ccccc1. The van der Waals surface area contributed by atoms with Crippen molar-refractivity contribution in [2.45, 2.75) is 25.8 Å². The van der Waals surface area contributed by atoms with Crippen molar-refractivity contribution in [3.8, 4) is 5.75 Å². The molecule has 1 N–H and O–H groups in total. The largest absolute Gasteiger partial charge is 0.493 e. The summed E-state index contributed by atoms with van der Waals surface area (Å²) in [5.41, 5.74) is 1.40. The van der Waals surface area contributed by atoms with Crippen LogP contribution in [0.1, 0.15) is 29.3 Å². The number of halogens is 1. The van der Waals surface area contributed by atoms with E-state index in [1.54, 1.807) is 18.2 Å². The number of amides is 2. The van der Waals surface area contributed by atoms with E-state index >= 15 is 0 Å². The van der Waals surface area contributed by atoms with Crippen molar-refractivity contribution in [1.82, 2.24) is 10.2 Å². The molecule has 8 heteroatoms. The van der Waals surface area contributed by atoms with E-state index in [4.69, 9.17) is 9.47 Å². The number of piperazine rings is 1. The first kappa shape index (κ1) is 22.8. The molecular weight excluding hydrogens is 464 g/mol. The van der Waals surface area contributed by atoms with Crippen molar-refractivity contribution in [3.63, 3.8) is 0 Å². The van der Waals surface area contributed by atoms with Gasteiger partial charge in [0.1, 0.15) is 11.8 Å². The van der Waals surface area contributed by atoms with Gasteiger partial charge in [0.2, 0.25) is 5.91 Å². The Kier molecular flexibility index (Phi) is 8.06. The van der Waals surface area contributed by atoms with Gasteiger partial charge in [-0.1, -0.05) is 46.3 Å². The number of nitrogens with zero attached hydrogens (tertiary/aromatic N) is 1. The van der Waals surface area contributed by atoms with E-state index in [9.17, 15) is 14.4 Å². The minimum absolute atomic E-state index is 0.204. The highest BCUT2D eigenvalue weighted by Crippen LogP contribution is 2.26. The summed E-state index contributed by atoms with van der Waals surface area (Å²) in [4.78, 5) is 39.6. The van der Waals surface area contributed by atoms with E-state index in [-0.39, 0.29) is 24.8 Å². The van der Waals surface area contributed by atoms with Gasteiger partial charge in [0.25, 0.3) is 5.91 Å². The Balaban J connectivity index is 1.68. The van der Waals surface area contributed by atoms with Gasteiger partial charge in [-0.2, -0.15) is 0 Å². The fourth-order valence-corrected chi connectivity index (χ4v) is 3.77. The Morgan fingerprint density at radius 3 is 2.71 bits per heavy atom. The molecular formula is C23H25BrN2O5. The minimum atomic E-state index is -0.932. The third kappa shape index (κ3) is 6.07. The highest BCUT2D eigenvalue weighted by Gasteiger charge is 2.36. The molecule has 31 heavy (non-hydrogen) atoms. The van der Waals surface area contributed by atoms with Gasteiger partial charge in [-0.15, -0.1) is 0 Å². The summed E-state index contributed by atoms with van der Waals surface area (Å²) in [7, 11) is 0. The van der Waals surface area contributed by atoms with E-state index in [1.807, 2.05) is 37.3 Å². The number of carbonyl (C=O) groups is 3. The highest BCUT2D eigenvalue weighted by molar-refractivity contribution is 9.10. The maximum Gasteiger partial charge on any atom is 0.308 e. The molecule has 7 nitrogen and oxygen atoms in total. The van der Waals surface area contributed by atoms with Gasteiger partial charge in [-0.05, 0) is 30.7 Å². The summed E-state index contributed by atoms with van der Waals surface area (Å²) in [6, 6.07) is 13.9. The molecule has 1 saturated heterocycles. The van der Waals surface area contributed by atoms with Crippen LogP contribution in [0.2, 0.25) is 0 Å². The number of hydrogen-bond donors (Lipinski definition) is 1. The first-order valence-corrected chi connectivity index (χ1v) is 11.0. The molecule has 1 aliphatic rings. The van der Waals surface area contributed by atoms with Crippen molar-refractivity contribution >= 4 is 33.7 Å². The van der Waals surface area contributed by atoms with E-state index in [0.29, 0.717) is 37.4 Å². The van der Waals surface area contributed by atoms with Crippen LogP contribution < -0.4 is 10.1 Å². The maximum absolute atomic E-state index is 13.3. The number of benzene rings is 2. The van der Waals surface area contributed by atoms with Crippen LogP contribution in [0.5, 0.6) is 5.75 Å². The predicted molar refractivity (Wildman–Crippen MR) is 119 cm³/mol. The summed E-state index contributed by atoms with van der Waals surface area (Å²) in [5, 5.41) is 2.73. The molecule has 2 aromatic rings. The molecule has 164 valence electrons. The Labute approximate surface area is 189 Å². The van der Waals surface area contributed by atoms with Crippen LogP contribution in [0, 0.1) is 0 Å². The molecule has 1 aliphatic heterocycles. The highest BCUT2D eigenvalue weighted by atomic mass is 79.9. The zero-order valence-electron chi connectivity index (χ0n) is 17.3. The lowest BCUT2D eigenvalue weighted by Crippen LogP contribution is -2.57. The molecule has 0 unspecified atom stereocenters. The summed E-state index contributed by atoms with van der Waals surface area (Å²) in [6.45, 7) is 3.07. The number of nitrogens with one attached hydrogen (secondary N) is 1. The number of rotatable bonds is 8. The second-order valence-electron chi connectivity index (χ2n) is 7.04. The molecule has 2 aromatic carbocycles. The number of carbonyl (C=O) groups excluding carboxylic acids is 3. The van der Waals surface area contributed by atoms with E-state index in [0.717, 1.165) is 10.0 Å². The van der Waals surface area contributed by atoms with Gasteiger partial charge >= 0.3 is 5.97 Å². The van der Waals surface area contributed by atoms with Crippen LogP contribution in [0.4, 0.5) is 0 Å². The lowest BCUT2D eigenvalue weighted by molar-refractivity contribution is -0.147. The molecule has 1 fully saturated rings. The summed E-state index contributed by atoms with van der Waals surface area (Å²) in [6.07, 6.45) is 0.381.